The fourth-order valence-electron chi connectivity index (χ4n) is 4.96. The van der Waals surface area contributed by atoms with Crippen LogP contribution in [-0.4, -0.2) is 85.7 Å². The number of fused-ring (bicyclic) bond motifs is 1. The van der Waals surface area contributed by atoms with E-state index in [0.29, 0.717) is 16.7 Å². The van der Waals surface area contributed by atoms with Gasteiger partial charge in [0.25, 0.3) is 5.34 Å². The molecule has 1 aliphatic heterocycles. The fourth-order valence-corrected chi connectivity index (χ4v) is 6.10. The van der Waals surface area contributed by atoms with Crippen LogP contribution in [0.4, 0.5) is 18.9 Å². The highest BCUT2D eigenvalue weighted by Crippen LogP contribution is 2.61. The topological polar surface area (TPSA) is 156 Å². The first-order valence-corrected chi connectivity index (χ1v) is 14.0. The zero-order chi connectivity index (χ0) is 27.9. The van der Waals surface area contributed by atoms with Crippen molar-refractivity contribution in [3.8, 4) is 0 Å². The number of methoxy groups -OCH3 is 1. The SMILES string of the molecule is COCCC(OC[C@H]1O[C@@H](n2ccc3c(NC4CCCC4)cc(Cl)nc32)[C@H](O)[C@@H]1O)(C(F)(F)F)P(=O)(O)O. The third-order valence-corrected chi connectivity index (χ3v) is 8.77. The van der Waals surface area contributed by atoms with Gasteiger partial charge in [-0.2, -0.15) is 13.2 Å². The molecule has 0 bridgehead atoms. The van der Waals surface area contributed by atoms with Crippen molar-refractivity contribution in [3.05, 3.63) is 23.5 Å². The number of rotatable bonds is 10. The van der Waals surface area contributed by atoms with Crippen LogP contribution in [0, 0.1) is 0 Å². The molecule has 0 radical (unpaired) electrons. The number of pyridine rings is 1. The Labute approximate surface area is 221 Å². The van der Waals surface area contributed by atoms with Crippen molar-refractivity contribution in [2.24, 2.45) is 0 Å². The standard InChI is InChI=1S/C22H30ClF3N3O8P/c1-35-9-7-21(22(24,25)26,38(32,33)34)36-11-15-17(30)18(31)20(37-15)29-8-6-13-14(10-16(23)28-19(13)29)27-12-4-2-3-5-12/h6,8,10,12,15,17-18,20,30-31H,2-5,7,9,11H2,1H3,(H,27,28)(H2,32,33,34)/t15-,17-,18-,20-,21?/m1/s1. The van der Waals surface area contributed by atoms with Gasteiger partial charge < -0.3 is 44.1 Å². The van der Waals surface area contributed by atoms with Gasteiger partial charge in [0, 0.05) is 43.4 Å². The van der Waals surface area contributed by atoms with E-state index < -0.39 is 63.3 Å². The molecule has 1 unspecified atom stereocenters. The van der Waals surface area contributed by atoms with E-state index in [-0.39, 0.29) is 11.2 Å². The minimum Gasteiger partial charge on any atom is -0.387 e. The predicted octanol–water partition coefficient (Wildman–Crippen LogP) is 3.15. The first-order chi connectivity index (χ1) is 17.8. The third kappa shape index (κ3) is 5.56. The van der Waals surface area contributed by atoms with Crippen molar-refractivity contribution in [1.29, 1.82) is 0 Å². The molecule has 3 heterocycles. The van der Waals surface area contributed by atoms with Gasteiger partial charge in [0.2, 0.25) is 0 Å². The monoisotopic (exact) mass is 587 g/mol. The summed E-state index contributed by atoms with van der Waals surface area (Å²) in [7, 11) is -4.86. The molecule has 2 fully saturated rings. The zero-order valence-corrected chi connectivity index (χ0v) is 22.0. The van der Waals surface area contributed by atoms with Crippen LogP contribution in [0.1, 0.15) is 38.3 Å². The van der Waals surface area contributed by atoms with Crippen LogP contribution < -0.4 is 5.32 Å². The number of aromatic nitrogens is 2. The second kappa shape index (κ2) is 11.2. The van der Waals surface area contributed by atoms with Crippen LogP contribution in [0.5, 0.6) is 0 Å². The molecule has 16 heteroatoms. The van der Waals surface area contributed by atoms with Crippen LogP contribution in [0.2, 0.25) is 5.15 Å². The van der Waals surface area contributed by atoms with E-state index in [0.717, 1.165) is 32.8 Å². The molecule has 4 rings (SSSR count). The van der Waals surface area contributed by atoms with Crippen molar-refractivity contribution in [2.45, 2.75) is 74.2 Å². The Hall–Kier alpha value is -1.48. The Morgan fingerprint density at radius 3 is 2.55 bits per heavy atom. The largest absolute Gasteiger partial charge is 0.429 e. The van der Waals surface area contributed by atoms with E-state index in [1.54, 1.807) is 12.1 Å². The summed E-state index contributed by atoms with van der Waals surface area (Å²) in [6.07, 6.45) is -7.16. The summed E-state index contributed by atoms with van der Waals surface area (Å²) in [6, 6.07) is 3.64. The summed E-state index contributed by atoms with van der Waals surface area (Å²) in [4.78, 5) is 23.5. The molecular weight excluding hydrogens is 558 g/mol. The van der Waals surface area contributed by atoms with Crippen LogP contribution in [0.25, 0.3) is 11.0 Å². The Kier molecular flexibility index (Phi) is 8.68. The summed E-state index contributed by atoms with van der Waals surface area (Å²) < 4.78 is 70.0. The average molecular weight is 588 g/mol. The number of nitrogens with one attached hydrogen (secondary N) is 1. The van der Waals surface area contributed by atoms with Crippen molar-refractivity contribution in [1.82, 2.24) is 9.55 Å². The van der Waals surface area contributed by atoms with Crippen LogP contribution in [0.15, 0.2) is 18.3 Å². The van der Waals surface area contributed by atoms with Crippen molar-refractivity contribution >= 4 is 35.9 Å². The number of halogens is 4. The molecule has 0 spiro atoms. The van der Waals surface area contributed by atoms with Crippen molar-refractivity contribution < 1.29 is 51.9 Å². The molecule has 1 saturated heterocycles. The lowest BCUT2D eigenvalue weighted by atomic mass is 10.1. The molecule has 5 atom stereocenters. The van der Waals surface area contributed by atoms with E-state index in [1.165, 1.54) is 10.8 Å². The van der Waals surface area contributed by atoms with Gasteiger partial charge in [-0.1, -0.05) is 24.4 Å². The van der Waals surface area contributed by atoms with Gasteiger partial charge in [-0.05, 0) is 25.0 Å². The highest BCUT2D eigenvalue weighted by Gasteiger charge is 2.67. The molecular formula is C22H30ClF3N3O8P. The second-order valence-electron chi connectivity index (χ2n) is 9.50. The second-order valence-corrected chi connectivity index (χ2v) is 11.7. The average Bonchev–Trinajstić information content (AvgIpc) is 3.54. The number of aliphatic hydroxyl groups is 2. The predicted molar refractivity (Wildman–Crippen MR) is 130 cm³/mol. The number of hydrogen-bond acceptors (Lipinski definition) is 8. The van der Waals surface area contributed by atoms with Crippen LogP contribution in [0.3, 0.4) is 0 Å². The number of nitrogens with zero attached hydrogens (tertiary/aromatic N) is 2. The number of aliphatic hydroxyl groups excluding tert-OH is 2. The van der Waals surface area contributed by atoms with Crippen molar-refractivity contribution in [3.63, 3.8) is 0 Å². The van der Waals surface area contributed by atoms with E-state index in [9.17, 15) is 37.7 Å². The molecule has 214 valence electrons. The van der Waals surface area contributed by atoms with Gasteiger partial charge >= 0.3 is 13.8 Å². The quantitative estimate of drug-likeness (QED) is 0.207. The molecule has 1 saturated carbocycles. The molecule has 5 N–H and O–H groups in total. The van der Waals surface area contributed by atoms with E-state index in [4.69, 9.17) is 21.1 Å². The molecule has 38 heavy (non-hydrogen) atoms. The fraction of sp³-hybridized carbons (Fsp3) is 0.682. The maximum absolute atomic E-state index is 13.9. The lowest BCUT2D eigenvalue weighted by Gasteiger charge is -2.36. The maximum Gasteiger partial charge on any atom is 0.429 e. The van der Waals surface area contributed by atoms with E-state index in [2.05, 4.69) is 15.0 Å². The summed E-state index contributed by atoms with van der Waals surface area (Å²) in [6.45, 7) is -1.74. The van der Waals surface area contributed by atoms with Gasteiger partial charge in [0.15, 0.2) is 6.23 Å². The van der Waals surface area contributed by atoms with Gasteiger partial charge in [-0.3, -0.25) is 4.57 Å². The smallest absolute Gasteiger partial charge is 0.387 e. The summed E-state index contributed by atoms with van der Waals surface area (Å²) in [5.74, 6) is 0. The zero-order valence-electron chi connectivity index (χ0n) is 20.3. The van der Waals surface area contributed by atoms with Crippen LogP contribution in [-0.2, 0) is 18.8 Å². The Morgan fingerprint density at radius 1 is 1.26 bits per heavy atom. The molecule has 1 aliphatic carbocycles. The van der Waals surface area contributed by atoms with Crippen molar-refractivity contribution in [2.75, 3.05) is 25.6 Å². The highest BCUT2D eigenvalue weighted by atomic mass is 35.5. The molecule has 0 amide bonds. The Balaban J connectivity index is 1.58. The number of alkyl halides is 3. The highest BCUT2D eigenvalue weighted by molar-refractivity contribution is 7.53. The van der Waals surface area contributed by atoms with Crippen LogP contribution >= 0.6 is 19.2 Å². The Morgan fingerprint density at radius 2 is 1.95 bits per heavy atom. The minimum atomic E-state index is -5.93. The first-order valence-electron chi connectivity index (χ1n) is 12.0. The lowest BCUT2D eigenvalue weighted by Crippen LogP contribution is -2.50. The molecule has 2 aromatic heterocycles. The number of anilines is 1. The van der Waals surface area contributed by atoms with Gasteiger partial charge in [0.1, 0.15) is 29.1 Å². The van der Waals surface area contributed by atoms with Gasteiger partial charge in [-0.25, -0.2) is 4.98 Å². The van der Waals surface area contributed by atoms with E-state index in [1.807, 2.05) is 0 Å². The maximum atomic E-state index is 13.9. The molecule has 11 nitrogen and oxygen atoms in total. The van der Waals surface area contributed by atoms with E-state index >= 15 is 0 Å². The normalized spacial score (nSPS) is 26.8. The molecule has 0 aromatic carbocycles. The minimum absolute atomic E-state index is 0.153. The number of ether oxygens (including phenoxy) is 3. The Bertz CT molecular complexity index is 1170. The van der Waals surface area contributed by atoms with Gasteiger partial charge in [-0.15, -0.1) is 0 Å². The lowest BCUT2D eigenvalue weighted by molar-refractivity contribution is -0.259. The first kappa shape index (κ1) is 29.5. The summed E-state index contributed by atoms with van der Waals surface area (Å²) in [5, 5.41) is 21.6. The number of hydrogen-bond donors (Lipinski definition) is 5. The molecule has 2 aliphatic rings. The third-order valence-electron chi connectivity index (χ3n) is 7.02. The summed E-state index contributed by atoms with van der Waals surface area (Å²) >= 11 is 6.24. The summed E-state index contributed by atoms with van der Waals surface area (Å²) in [5.41, 5.74) is 1.02. The van der Waals surface area contributed by atoms with Gasteiger partial charge in [0.05, 0.1) is 6.61 Å². The molecule has 2 aromatic rings.